The summed E-state index contributed by atoms with van der Waals surface area (Å²) < 4.78 is 5.65. The van der Waals surface area contributed by atoms with Crippen molar-refractivity contribution in [2.24, 2.45) is 5.92 Å². The van der Waals surface area contributed by atoms with Gasteiger partial charge in [0.2, 0.25) is 0 Å². The van der Waals surface area contributed by atoms with Crippen LogP contribution in [0.1, 0.15) is 28.9 Å². The molecule has 3 aromatic rings. The predicted octanol–water partition coefficient (Wildman–Crippen LogP) is 6.40. The van der Waals surface area contributed by atoms with E-state index in [2.05, 4.69) is 79.7 Å². The molecular formula is C25H24O. The normalized spacial score (nSPS) is 16.4. The van der Waals surface area contributed by atoms with E-state index in [0.29, 0.717) is 5.92 Å². The first-order valence-electron chi connectivity index (χ1n) is 9.33. The van der Waals surface area contributed by atoms with Crippen molar-refractivity contribution in [3.05, 3.63) is 113 Å². The fourth-order valence-corrected chi connectivity index (χ4v) is 3.73. The molecule has 0 fully saturated rings. The van der Waals surface area contributed by atoms with E-state index in [1.807, 2.05) is 6.07 Å². The predicted molar refractivity (Wildman–Crippen MR) is 108 cm³/mol. The summed E-state index contributed by atoms with van der Waals surface area (Å²) in [7, 11) is 0. The van der Waals surface area contributed by atoms with Crippen LogP contribution in [-0.4, -0.2) is 0 Å². The van der Waals surface area contributed by atoms with Gasteiger partial charge in [-0.05, 0) is 48.6 Å². The van der Waals surface area contributed by atoms with E-state index in [-0.39, 0.29) is 0 Å². The number of aryl methyl sites for hydroxylation is 2. The molecule has 1 atom stereocenters. The average molecular weight is 340 g/mol. The van der Waals surface area contributed by atoms with Crippen LogP contribution in [-0.2, 0) is 12.8 Å². The van der Waals surface area contributed by atoms with Crippen molar-refractivity contribution in [2.45, 2.75) is 26.2 Å². The molecule has 0 amide bonds. The third-order valence-electron chi connectivity index (χ3n) is 5.22. The molecule has 1 aliphatic carbocycles. The highest BCUT2D eigenvalue weighted by Gasteiger charge is 2.25. The van der Waals surface area contributed by atoms with Gasteiger partial charge in [-0.1, -0.05) is 77.9 Å². The average Bonchev–Trinajstić information content (AvgIpc) is 3.33. The smallest absolute Gasteiger partial charge is 0.104 e. The molecule has 26 heavy (non-hydrogen) atoms. The molecule has 4 rings (SSSR count). The first kappa shape index (κ1) is 16.7. The summed E-state index contributed by atoms with van der Waals surface area (Å²) in [5.74, 6) is 1.45. The summed E-state index contributed by atoms with van der Waals surface area (Å²) in [6.07, 6.45) is 9.48. The Balaban J connectivity index is 1.52. The van der Waals surface area contributed by atoms with Gasteiger partial charge in [0.15, 0.2) is 0 Å². The Labute approximate surface area is 155 Å². The zero-order valence-electron chi connectivity index (χ0n) is 15.2. The van der Waals surface area contributed by atoms with E-state index < -0.39 is 0 Å². The van der Waals surface area contributed by atoms with Gasteiger partial charge in [-0.25, -0.2) is 0 Å². The second-order valence-corrected chi connectivity index (χ2v) is 7.05. The standard InChI is InChI=1S/C25H24O/c1-19-9-11-20(12-10-19)13-14-22-15-16-24(21-6-3-2-4-7-21)25(22)18-23-8-5-17-26-23/h2-12,15-17,25H,13-14,18H2,1H3. The van der Waals surface area contributed by atoms with Crippen LogP contribution >= 0.6 is 0 Å². The van der Waals surface area contributed by atoms with Gasteiger partial charge < -0.3 is 4.42 Å². The highest BCUT2D eigenvalue weighted by Crippen LogP contribution is 2.38. The molecule has 1 heterocycles. The van der Waals surface area contributed by atoms with Crippen LogP contribution < -0.4 is 0 Å². The SMILES string of the molecule is Cc1ccc(CCC2=CC=C(c3ccccc3)C2Cc2ccco2)cc1. The first-order valence-corrected chi connectivity index (χ1v) is 9.33. The molecule has 1 nitrogen and oxygen atoms in total. The van der Waals surface area contributed by atoms with Gasteiger partial charge in [-0.2, -0.15) is 0 Å². The molecule has 0 saturated carbocycles. The van der Waals surface area contributed by atoms with Gasteiger partial charge >= 0.3 is 0 Å². The molecule has 1 aromatic heterocycles. The van der Waals surface area contributed by atoms with Gasteiger partial charge in [-0.15, -0.1) is 0 Å². The van der Waals surface area contributed by atoms with Crippen molar-refractivity contribution >= 4 is 5.57 Å². The summed E-state index contributed by atoms with van der Waals surface area (Å²) >= 11 is 0. The van der Waals surface area contributed by atoms with E-state index >= 15 is 0 Å². The number of allylic oxidation sites excluding steroid dienone is 4. The maximum Gasteiger partial charge on any atom is 0.104 e. The Hall–Kier alpha value is -2.80. The molecule has 0 aliphatic heterocycles. The number of hydrogen-bond acceptors (Lipinski definition) is 1. The molecule has 0 N–H and O–H groups in total. The van der Waals surface area contributed by atoms with E-state index in [1.54, 1.807) is 6.26 Å². The van der Waals surface area contributed by atoms with Crippen molar-refractivity contribution in [3.63, 3.8) is 0 Å². The summed E-state index contributed by atoms with van der Waals surface area (Å²) in [5, 5.41) is 0. The molecule has 1 unspecified atom stereocenters. The van der Waals surface area contributed by atoms with Crippen molar-refractivity contribution in [1.82, 2.24) is 0 Å². The minimum absolute atomic E-state index is 0.397. The lowest BCUT2D eigenvalue weighted by molar-refractivity contribution is 0.492. The Bertz CT molecular complexity index is 897. The minimum atomic E-state index is 0.397. The van der Waals surface area contributed by atoms with Gasteiger partial charge in [0.1, 0.15) is 5.76 Å². The molecule has 0 spiro atoms. The lowest BCUT2D eigenvalue weighted by Gasteiger charge is -2.19. The number of hydrogen-bond donors (Lipinski definition) is 0. The van der Waals surface area contributed by atoms with Crippen LogP contribution in [0.2, 0.25) is 0 Å². The second kappa shape index (κ2) is 7.61. The summed E-state index contributed by atoms with van der Waals surface area (Å²) in [6, 6.07) is 23.7. The first-order chi connectivity index (χ1) is 12.8. The van der Waals surface area contributed by atoms with Crippen molar-refractivity contribution in [1.29, 1.82) is 0 Å². The lowest BCUT2D eigenvalue weighted by atomic mass is 9.85. The van der Waals surface area contributed by atoms with Crippen molar-refractivity contribution in [2.75, 3.05) is 0 Å². The maximum absolute atomic E-state index is 5.65. The van der Waals surface area contributed by atoms with Gasteiger partial charge in [0.25, 0.3) is 0 Å². The Morgan fingerprint density at radius 3 is 2.35 bits per heavy atom. The van der Waals surface area contributed by atoms with Gasteiger partial charge in [-0.3, -0.25) is 0 Å². The maximum atomic E-state index is 5.65. The monoisotopic (exact) mass is 340 g/mol. The quantitative estimate of drug-likeness (QED) is 0.506. The second-order valence-electron chi connectivity index (χ2n) is 7.05. The zero-order chi connectivity index (χ0) is 17.8. The largest absolute Gasteiger partial charge is 0.469 e. The van der Waals surface area contributed by atoms with Crippen LogP contribution in [0.5, 0.6) is 0 Å². The van der Waals surface area contributed by atoms with E-state index in [1.165, 1.54) is 27.8 Å². The van der Waals surface area contributed by atoms with Crippen LogP contribution in [0.15, 0.2) is 95.1 Å². The third kappa shape index (κ3) is 3.72. The molecule has 0 saturated heterocycles. The van der Waals surface area contributed by atoms with Crippen LogP contribution in [0.25, 0.3) is 5.57 Å². The molecule has 1 heteroatoms. The summed E-state index contributed by atoms with van der Waals surface area (Å²) in [6.45, 7) is 2.14. The Morgan fingerprint density at radius 1 is 0.808 bits per heavy atom. The fourth-order valence-electron chi connectivity index (χ4n) is 3.73. The molecule has 130 valence electrons. The highest BCUT2D eigenvalue weighted by atomic mass is 16.3. The molecule has 2 aromatic carbocycles. The Kier molecular flexibility index (Phi) is 4.88. The number of benzene rings is 2. The van der Waals surface area contributed by atoms with Gasteiger partial charge in [0.05, 0.1) is 6.26 Å². The van der Waals surface area contributed by atoms with Crippen molar-refractivity contribution in [3.8, 4) is 0 Å². The molecular weight excluding hydrogens is 316 g/mol. The lowest BCUT2D eigenvalue weighted by Crippen LogP contribution is -2.08. The number of rotatable bonds is 6. The van der Waals surface area contributed by atoms with Crippen LogP contribution in [0.4, 0.5) is 0 Å². The zero-order valence-corrected chi connectivity index (χ0v) is 15.2. The van der Waals surface area contributed by atoms with Crippen molar-refractivity contribution < 1.29 is 4.42 Å². The molecule has 0 radical (unpaired) electrons. The van der Waals surface area contributed by atoms with Crippen LogP contribution in [0.3, 0.4) is 0 Å². The van der Waals surface area contributed by atoms with Crippen LogP contribution in [0, 0.1) is 12.8 Å². The minimum Gasteiger partial charge on any atom is -0.469 e. The van der Waals surface area contributed by atoms with E-state index in [9.17, 15) is 0 Å². The van der Waals surface area contributed by atoms with E-state index in [0.717, 1.165) is 25.0 Å². The summed E-state index contributed by atoms with van der Waals surface area (Å²) in [5.41, 5.74) is 6.94. The Morgan fingerprint density at radius 2 is 1.62 bits per heavy atom. The topological polar surface area (TPSA) is 13.1 Å². The highest BCUT2D eigenvalue weighted by molar-refractivity contribution is 5.75. The summed E-state index contributed by atoms with van der Waals surface area (Å²) in [4.78, 5) is 0. The number of furan rings is 1. The fraction of sp³-hybridized carbons (Fsp3) is 0.200. The molecule has 0 bridgehead atoms. The third-order valence-corrected chi connectivity index (χ3v) is 5.22. The van der Waals surface area contributed by atoms with E-state index in [4.69, 9.17) is 4.42 Å². The molecule has 1 aliphatic rings. The van der Waals surface area contributed by atoms with Gasteiger partial charge in [0, 0.05) is 12.3 Å².